The molecule has 1 aliphatic heterocycles. The third kappa shape index (κ3) is 3.08. The first-order valence-corrected chi connectivity index (χ1v) is 9.35. The van der Waals surface area contributed by atoms with Crippen molar-refractivity contribution in [1.82, 2.24) is 39.0 Å². The molecular weight excluding hydrogens is 370 g/mol. The average molecular weight is 389 g/mol. The SMILES string of the molecule is Cc1nc2ccccn2c1C(=O)N1CCN(c2cc(-n3cncn3)ncn2)CC1. The topological polar surface area (TPSA) is 97.3 Å². The van der Waals surface area contributed by atoms with E-state index in [0.717, 1.165) is 17.2 Å². The summed E-state index contributed by atoms with van der Waals surface area (Å²) in [4.78, 5) is 34.2. The number of amides is 1. The van der Waals surface area contributed by atoms with Crippen LogP contribution in [0.4, 0.5) is 5.82 Å². The Bertz CT molecular complexity index is 1160. The zero-order valence-electron chi connectivity index (χ0n) is 15.9. The van der Waals surface area contributed by atoms with Crippen LogP contribution in [-0.4, -0.2) is 71.1 Å². The fraction of sp³-hybridized carbons (Fsp3) is 0.263. The van der Waals surface area contributed by atoms with Crippen LogP contribution in [0.5, 0.6) is 0 Å². The quantitative estimate of drug-likeness (QED) is 0.515. The molecule has 1 saturated heterocycles. The van der Waals surface area contributed by atoms with Crippen LogP contribution in [0.1, 0.15) is 16.2 Å². The molecule has 0 aliphatic carbocycles. The van der Waals surface area contributed by atoms with Crippen LogP contribution < -0.4 is 4.90 Å². The molecule has 0 unspecified atom stereocenters. The molecule has 29 heavy (non-hydrogen) atoms. The maximum Gasteiger partial charge on any atom is 0.272 e. The second-order valence-electron chi connectivity index (χ2n) is 6.83. The minimum Gasteiger partial charge on any atom is -0.353 e. The summed E-state index contributed by atoms with van der Waals surface area (Å²) in [5, 5.41) is 4.11. The Labute approximate surface area is 166 Å². The van der Waals surface area contributed by atoms with Crippen molar-refractivity contribution in [3.63, 3.8) is 0 Å². The van der Waals surface area contributed by atoms with Gasteiger partial charge in [-0.3, -0.25) is 9.20 Å². The lowest BCUT2D eigenvalue weighted by atomic mass is 10.2. The fourth-order valence-corrected chi connectivity index (χ4v) is 3.62. The number of nitrogens with zero attached hydrogens (tertiary/aromatic N) is 9. The maximum atomic E-state index is 13.2. The highest BCUT2D eigenvalue weighted by molar-refractivity contribution is 5.94. The molecule has 0 N–H and O–H groups in total. The molecule has 4 aromatic rings. The van der Waals surface area contributed by atoms with Crippen molar-refractivity contribution in [1.29, 1.82) is 0 Å². The molecular formula is C19H19N9O. The molecule has 0 bridgehead atoms. The summed E-state index contributed by atoms with van der Waals surface area (Å²) in [6.45, 7) is 4.48. The Morgan fingerprint density at radius 2 is 1.86 bits per heavy atom. The van der Waals surface area contributed by atoms with Crippen molar-refractivity contribution in [2.24, 2.45) is 0 Å². The summed E-state index contributed by atoms with van der Waals surface area (Å²) in [5.74, 6) is 1.47. The van der Waals surface area contributed by atoms with Crippen LogP contribution in [0.25, 0.3) is 11.5 Å². The van der Waals surface area contributed by atoms with Gasteiger partial charge in [-0.15, -0.1) is 0 Å². The Hall–Kier alpha value is -3.82. The number of imidazole rings is 1. The number of hydrogen-bond donors (Lipinski definition) is 0. The molecule has 146 valence electrons. The van der Waals surface area contributed by atoms with Crippen molar-refractivity contribution in [3.8, 4) is 5.82 Å². The molecule has 10 heteroatoms. The zero-order valence-corrected chi connectivity index (χ0v) is 15.9. The van der Waals surface area contributed by atoms with Gasteiger partial charge in [0.05, 0.1) is 5.69 Å². The Morgan fingerprint density at radius 1 is 1.03 bits per heavy atom. The van der Waals surface area contributed by atoms with Crippen molar-refractivity contribution < 1.29 is 4.79 Å². The second kappa shape index (κ2) is 6.97. The van der Waals surface area contributed by atoms with E-state index in [9.17, 15) is 4.79 Å². The average Bonchev–Trinajstić information content (AvgIpc) is 3.41. The first-order valence-electron chi connectivity index (χ1n) is 9.35. The molecule has 0 radical (unpaired) electrons. The maximum absolute atomic E-state index is 13.2. The number of carbonyl (C=O) groups excluding carboxylic acids is 1. The van der Waals surface area contributed by atoms with E-state index < -0.39 is 0 Å². The van der Waals surface area contributed by atoms with E-state index in [-0.39, 0.29) is 5.91 Å². The number of pyridine rings is 1. The van der Waals surface area contributed by atoms with E-state index in [1.165, 1.54) is 12.7 Å². The number of hydrogen-bond acceptors (Lipinski definition) is 7. The summed E-state index contributed by atoms with van der Waals surface area (Å²) in [7, 11) is 0. The predicted molar refractivity (Wildman–Crippen MR) is 105 cm³/mol. The van der Waals surface area contributed by atoms with Crippen LogP contribution in [0.15, 0.2) is 49.4 Å². The Balaban J connectivity index is 1.32. The van der Waals surface area contributed by atoms with Gasteiger partial charge in [-0.1, -0.05) is 6.07 Å². The van der Waals surface area contributed by atoms with E-state index in [1.54, 1.807) is 11.0 Å². The molecule has 1 aliphatic rings. The summed E-state index contributed by atoms with van der Waals surface area (Å²) in [5.41, 5.74) is 2.16. The van der Waals surface area contributed by atoms with Gasteiger partial charge in [0.1, 0.15) is 36.1 Å². The van der Waals surface area contributed by atoms with E-state index >= 15 is 0 Å². The number of carbonyl (C=O) groups is 1. The first-order chi connectivity index (χ1) is 14.2. The van der Waals surface area contributed by atoms with Gasteiger partial charge in [0.15, 0.2) is 5.82 Å². The molecule has 0 atom stereocenters. The molecule has 0 saturated carbocycles. The standard InChI is InChI=1S/C19H19N9O/c1-14-18(27-5-3-2-4-15(27)24-14)19(29)26-8-6-25(7-9-26)16-10-17(22-12-21-16)28-13-20-11-23-28/h2-5,10-13H,6-9H2,1H3. The van der Waals surface area contributed by atoms with Crippen molar-refractivity contribution in [2.45, 2.75) is 6.92 Å². The lowest BCUT2D eigenvalue weighted by Gasteiger charge is -2.35. The van der Waals surface area contributed by atoms with E-state index in [4.69, 9.17) is 0 Å². The molecule has 0 spiro atoms. The minimum atomic E-state index is 0.00634. The van der Waals surface area contributed by atoms with Crippen molar-refractivity contribution in [2.75, 3.05) is 31.1 Å². The van der Waals surface area contributed by atoms with Crippen LogP contribution >= 0.6 is 0 Å². The van der Waals surface area contributed by atoms with Crippen LogP contribution in [-0.2, 0) is 0 Å². The van der Waals surface area contributed by atoms with Gasteiger partial charge in [0.25, 0.3) is 5.91 Å². The second-order valence-corrected chi connectivity index (χ2v) is 6.83. The highest BCUT2D eigenvalue weighted by Gasteiger charge is 2.26. The zero-order chi connectivity index (χ0) is 19.8. The van der Waals surface area contributed by atoms with Gasteiger partial charge in [-0.25, -0.2) is 24.6 Å². The third-order valence-electron chi connectivity index (χ3n) is 5.09. The predicted octanol–water partition coefficient (Wildman–Crippen LogP) is 0.976. The molecule has 5 rings (SSSR count). The first kappa shape index (κ1) is 17.3. The molecule has 1 fully saturated rings. The number of anilines is 1. The Morgan fingerprint density at radius 3 is 2.66 bits per heavy atom. The van der Waals surface area contributed by atoms with Crippen LogP contribution in [0.3, 0.4) is 0 Å². The lowest BCUT2D eigenvalue weighted by Crippen LogP contribution is -2.49. The number of rotatable bonds is 3. The third-order valence-corrected chi connectivity index (χ3v) is 5.09. The number of piperazine rings is 1. The van der Waals surface area contributed by atoms with Gasteiger partial charge >= 0.3 is 0 Å². The monoisotopic (exact) mass is 389 g/mol. The molecule has 4 aromatic heterocycles. The van der Waals surface area contributed by atoms with Gasteiger partial charge in [0, 0.05) is 38.4 Å². The largest absolute Gasteiger partial charge is 0.353 e. The fourth-order valence-electron chi connectivity index (χ4n) is 3.62. The summed E-state index contributed by atoms with van der Waals surface area (Å²) in [6.07, 6.45) is 6.46. The molecule has 5 heterocycles. The molecule has 10 nitrogen and oxygen atoms in total. The van der Waals surface area contributed by atoms with E-state index in [0.29, 0.717) is 37.7 Å². The van der Waals surface area contributed by atoms with Crippen LogP contribution in [0.2, 0.25) is 0 Å². The number of aromatic nitrogens is 7. The van der Waals surface area contributed by atoms with Gasteiger partial charge in [-0.05, 0) is 19.1 Å². The molecule has 1 amide bonds. The normalized spacial score (nSPS) is 14.5. The summed E-state index contributed by atoms with van der Waals surface area (Å²) < 4.78 is 3.46. The van der Waals surface area contributed by atoms with E-state index in [1.807, 2.05) is 46.7 Å². The van der Waals surface area contributed by atoms with Gasteiger partial charge in [-0.2, -0.15) is 5.10 Å². The van der Waals surface area contributed by atoms with Gasteiger partial charge < -0.3 is 9.80 Å². The van der Waals surface area contributed by atoms with Crippen molar-refractivity contribution >= 4 is 17.4 Å². The van der Waals surface area contributed by atoms with Crippen LogP contribution in [0, 0.1) is 6.92 Å². The number of fused-ring (bicyclic) bond motifs is 1. The smallest absolute Gasteiger partial charge is 0.272 e. The summed E-state index contributed by atoms with van der Waals surface area (Å²) >= 11 is 0. The lowest BCUT2D eigenvalue weighted by molar-refractivity contribution is 0.0738. The highest BCUT2D eigenvalue weighted by atomic mass is 16.2. The Kier molecular flexibility index (Phi) is 4.15. The highest BCUT2D eigenvalue weighted by Crippen LogP contribution is 2.19. The minimum absolute atomic E-state index is 0.00634. The number of aryl methyl sites for hydroxylation is 1. The molecule has 0 aromatic carbocycles. The van der Waals surface area contributed by atoms with E-state index in [2.05, 4.69) is 29.9 Å². The van der Waals surface area contributed by atoms with Gasteiger partial charge in [0.2, 0.25) is 0 Å². The summed E-state index contributed by atoms with van der Waals surface area (Å²) in [6, 6.07) is 7.61. The van der Waals surface area contributed by atoms with Crippen molar-refractivity contribution in [3.05, 3.63) is 60.8 Å².